The second kappa shape index (κ2) is 12.6. The summed E-state index contributed by atoms with van der Waals surface area (Å²) in [6.45, 7) is 0.952. The minimum atomic E-state index is -0.434. The maximum atomic E-state index is 13.2. The normalized spacial score (nSPS) is 13.5. The van der Waals surface area contributed by atoms with Gasteiger partial charge in [-0.1, -0.05) is 23.7 Å². The lowest BCUT2D eigenvalue weighted by atomic mass is 10.1. The van der Waals surface area contributed by atoms with Gasteiger partial charge in [0.05, 0.1) is 37.5 Å². The molecule has 0 radical (unpaired) electrons. The molecule has 42 heavy (non-hydrogen) atoms. The smallest absolute Gasteiger partial charge is 0.328 e. The number of carbonyl (C=O) groups excluding carboxylic acids is 1. The third kappa shape index (κ3) is 6.55. The fourth-order valence-electron chi connectivity index (χ4n) is 4.77. The predicted molar refractivity (Wildman–Crippen MR) is 157 cm³/mol. The number of hydrogen-bond acceptors (Lipinski definition) is 9. The first kappa shape index (κ1) is 29.1. The molecular weight excluding hydrogens is 564 g/mol. The van der Waals surface area contributed by atoms with Crippen molar-refractivity contribution in [3.8, 4) is 11.5 Å². The highest BCUT2D eigenvalue weighted by Gasteiger charge is 2.32. The lowest BCUT2D eigenvalue weighted by Crippen LogP contribution is -2.37. The number of non-ortho nitro benzene ring substituents is 1. The SMILES string of the molecule is COc1ccc(CN(C)c2cc(Cl)nc3c2ncn3C(=O)NCC(OCc2cccc([N+](=O)[O-])c2)C2CC2)c(OC)c1. The number of halogens is 1. The van der Waals surface area contributed by atoms with Gasteiger partial charge in [-0.05, 0) is 36.5 Å². The summed E-state index contributed by atoms with van der Waals surface area (Å²) in [5, 5.41) is 14.2. The molecular formula is C29H31ClN6O6. The number of methoxy groups -OCH3 is 2. The van der Waals surface area contributed by atoms with Crippen LogP contribution < -0.4 is 19.7 Å². The zero-order valence-corrected chi connectivity index (χ0v) is 24.2. The van der Waals surface area contributed by atoms with Crippen molar-refractivity contribution in [3.05, 3.63) is 81.3 Å². The first-order valence-electron chi connectivity index (χ1n) is 13.4. The standard InChI is InChI=1S/C29H31ClN6O6/c1-34(15-20-9-10-22(40-2)12-24(20)41-3)23-13-26(30)33-28-27(23)32-17-35(28)29(37)31-14-25(19-7-8-19)42-16-18-5-4-6-21(11-18)36(38)39/h4-6,9-13,17,19,25H,7-8,14-16H2,1-3H3,(H,31,37). The van der Waals surface area contributed by atoms with Crippen molar-refractivity contribution in [2.75, 3.05) is 32.7 Å². The molecule has 1 N–H and O–H groups in total. The van der Waals surface area contributed by atoms with E-state index in [1.165, 1.54) is 23.0 Å². The van der Waals surface area contributed by atoms with Crippen molar-refractivity contribution in [3.63, 3.8) is 0 Å². The maximum Gasteiger partial charge on any atom is 0.328 e. The highest BCUT2D eigenvalue weighted by Crippen LogP contribution is 2.35. The number of aromatic nitrogens is 3. The minimum absolute atomic E-state index is 0.0127. The third-order valence-electron chi connectivity index (χ3n) is 7.17. The van der Waals surface area contributed by atoms with Crippen molar-refractivity contribution in [1.29, 1.82) is 0 Å². The Morgan fingerprint density at radius 2 is 2.02 bits per heavy atom. The van der Waals surface area contributed by atoms with Gasteiger partial charge >= 0.3 is 6.03 Å². The molecule has 4 aromatic rings. The van der Waals surface area contributed by atoms with E-state index in [2.05, 4.69) is 15.3 Å². The quantitative estimate of drug-likeness (QED) is 0.133. The van der Waals surface area contributed by atoms with Crippen LogP contribution in [-0.4, -0.2) is 59.4 Å². The number of benzene rings is 2. The van der Waals surface area contributed by atoms with E-state index < -0.39 is 11.0 Å². The molecule has 1 aliphatic rings. The molecule has 2 aromatic heterocycles. The molecule has 1 fully saturated rings. The molecule has 1 aliphatic carbocycles. The number of nitro benzene ring substituents is 1. The van der Waals surface area contributed by atoms with Gasteiger partial charge in [-0.2, -0.15) is 0 Å². The summed E-state index contributed by atoms with van der Waals surface area (Å²) in [5.74, 6) is 1.68. The number of imidazole rings is 1. The van der Waals surface area contributed by atoms with Crippen LogP contribution in [0.4, 0.5) is 16.2 Å². The molecule has 1 saturated carbocycles. The summed E-state index contributed by atoms with van der Waals surface area (Å²) in [7, 11) is 5.10. The summed E-state index contributed by atoms with van der Waals surface area (Å²) in [4.78, 5) is 34.7. The number of nitro groups is 1. The van der Waals surface area contributed by atoms with Crippen molar-refractivity contribution in [2.24, 2.45) is 5.92 Å². The van der Waals surface area contributed by atoms with Gasteiger partial charge in [0.1, 0.15) is 28.5 Å². The van der Waals surface area contributed by atoms with Crippen LogP contribution in [0.5, 0.6) is 11.5 Å². The summed E-state index contributed by atoms with van der Waals surface area (Å²) >= 11 is 6.40. The average Bonchev–Trinajstić information content (AvgIpc) is 3.75. The third-order valence-corrected chi connectivity index (χ3v) is 7.37. The number of anilines is 1. The molecule has 2 heterocycles. The van der Waals surface area contributed by atoms with Crippen molar-refractivity contribution < 1.29 is 23.9 Å². The van der Waals surface area contributed by atoms with Crippen LogP contribution in [0.1, 0.15) is 24.0 Å². The number of rotatable bonds is 12. The van der Waals surface area contributed by atoms with Crippen LogP contribution in [0.2, 0.25) is 5.15 Å². The Balaban J connectivity index is 1.28. The molecule has 0 aliphatic heterocycles. The minimum Gasteiger partial charge on any atom is -0.497 e. The fraction of sp³-hybridized carbons (Fsp3) is 0.345. The monoisotopic (exact) mass is 594 g/mol. The summed E-state index contributed by atoms with van der Waals surface area (Å²) in [5.41, 5.74) is 3.18. The number of carbonyl (C=O) groups is 1. The van der Waals surface area contributed by atoms with Gasteiger partial charge in [0.2, 0.25) is 0 Å². The second-order valence-corrected chi connectivity index (χ2v) is 10.5. The number of nitrogens with one attached hydrogen (secondary N) is 1. The van der Waals surface area contributed by atoms with Crippen LogP contribution in [0, 0.1) is 16.0 Å². The first-order chi connectivity index (χ1) is 20.3. The topological polar surface area (TPSA) is 134 Å². The second-order valence-electron chi connectivity index (χ2n) is 10.1. The molecule has 1 unspecified atom stereocenters. The number of pyridine rings is 1. The number of fused-ring (bicyclic) bond motifs is 1. The molecule has 2 aromatic carbocycles. The number of ether oxygens (including phenoxy) is 3. The van der Waals surface area contributed by atoms with E-state index in [1.807, 2.05) is 30.1 Å². The molecule has 1 atom stereocenters. The van der Waals surface area contributed by atoms with E-state index in [0.717, 1.165) is 18.4 Å². The van der Waals surface area contributed by atoms with Crippen molar-refractivity contribution >= 4 is 40.2 Å². The number of hydrogen-bond donors (Lipinski definition) is 1. The highest BCUT2D eigenvalue weighted by atomic mass is 35.5. The van der Waals surface area contributed by atoms with Gasteiger partial charge in [0.25, 0.3) is 5.69 Å². The van der Waals surface area contributed by atoms with Gasteiger partial charge in [-0.3, -0.25) is 10.1 Å². The van der Waals surface area contributed by atoms with E-state index in [1.54, 1.807) is 32.4 Å². The van der Waals surface area contributed by atoms with E-state index in [9.17, 15) is 14.9 Å². The zero-order chi connectivity index (χ0) is 29.8. The van der Waals surface area contributed by atoms with Crippen LogP contribution >= 0.6 is 11.6 Å². The first-order valence-corrected chi connectivity index (χ1v) is 13.7. The molecule has 0 spiro atoms. The van der Waals surface area contributed by atoms with Gasteiger partial charge < -0.3 is 24.4 Å². The summed E-state index contributed by atoms with van der Waals surface area (Å²) < 4.78 is 18.2. The molecule has 0 saturated heterocycles. The lowest BCUT2D eigenvalue weighted by Gasteiger charge is -2.21. The Hall–Kier alpha value is -4.42. The predicted octanol–water partition coefficient (Wildman–Crippen LogP) is 5.20. The van der Waals surface area contributed by atoms with Crippen LogP contribution in [0.25, 0.3) is 11.2 Å². The van der Waals surface area contributed by atoms with Crippen molar-refractivity contribution in [2.45, 2.75) is 32.1 Å². The molecule has 0 bridgehead atoms. The Morgan fingerprint density at radius 3 is 2.74 bits per heavy atom. The van der Waals surface area contributed by atoms with Gasteiger partial charge in [-0.25, -0.2) is 19.3 Å². The van der Waals surface area contributed by atoms with E-state index in [0.29, 0.717) is 46.4 Å². The van der Waals surface area contributed by atoms with Crippen LogP contribution in [-0.2, 0) is 17.9 Å². The van der Waals surface area contributed by atoms with E-state index in [-0.39, 0.29) is 30.1 Å². The summed E-state index contributed by atoms with van der Waals surface area (Å²) in [6, 6.07) is 13.3. The highest BCUT2D eigenvalue weighted by molar-refractivity contribution is 6.30. The Kier molecular flexibility index (Phi) is 8.74. The zero-order valence-electron chi connectivity index (χ0n) is 23.4. The molecule has 12 nitrogen and oxygen atoms in total. The van der Waals surface area contributed by atoms with E-state index in [4.69, 9.17) is 25.8 Å². The number of nitrogens with zero attached hydrogens (tertiary/aromatic N) is 5. The molecule has 1 amide bonds. The van der Waals surface area contributed by atoms with Crippen molar-refractivity contribution in [1.82, 2.24) is 19.9 Å². The van der Waals surface area contributed by atoms with Crippen LogP contribution in [0.15, 0.2) is 54.9 Å². The van der Waals surface area contributed by atoms with Gasteiger partial charge in [0.15, 0.2) is 5.65 Å². The van der Waals surface area contributed by atoms with Crippen LogP contribution in [0.3, 0.4) is 0 Å². The fourth-order valence-corrected chi connectivity index (χ4v) is 4.96. The maximum absolute atomic E-state index is 13.2. The lowest BCUT2D eigenvalue weighted by molar-refractivity contribution is -0.385. The average molecular weight is 595 g/mol. The molecule has 13 heteroatoms. The Bertz CT molecular complexity index is 1610. The number of amides is 1. The largest absolute Gasteiger partial charge is 0.497 e. The molecule has 220 valence electrons. The van der Waals surface area contributed by atoms with E-state index >= 15 is 0 Å². The Morgan fingerprint density at radius 1 is 1.21 bits per heavy atom. The van der Waals surface area contributed by atoms with Gasteiger partial charge in [-0.15, -0.1) is 0 Å². The van der Waals surface area contributed by atoms with Gasteiger partial charge in [0, 0.05) is 50.0 Å². The molecule has 5 rings (SSSR count). The Labute approximate surface area is 247 Å². The summed E-state index contributed by atoms with van der Waals surface area (Å²) in [6.07, 6.45) is 3.18.